The SMILES string of the molecule is CC1CN=C(c2ccccc2O)S1. The molecule has 1 unspecified atom stereocenters. The number of hydrogen-bond donors (Lipinski definition) is 1. The molecule has 1 atom stereocenters. The van der Waals surface area contributed by atoms with Crippen molar-refractivity contribution >= 4 is 16.8 Å². The van der Waals surface area contributed by atoms with E-state index in [2.05, 4.69) is 11.9 Å². The lowest BCUT2D eigenvalue weighted by atomic mass is 10.2. The maximum atomic E-state index is 9.56. The molecule has 0 saturated carbocycles. The number of phenols is 1. The van der Waals surface area contributed by atoms with Gasteiger partial charge in [0.1, 0.15) is 10.8 Å². The molecule has 1 heterocycles. The fourth-order valence-electron chi connectivity index (χ4n) is 1.28. The zero-order valence-corrected chi connectivity index (χ0v) is 8.21. The maximum Gasteiger partial charge on any atom is 0.125 e. The van der Waals surface area contributed by atoms with E-state index < -0.39 is 0 Å². The van der Waals surface area contributed by atoms with Crippen molar-refractivity contribution < 1.29 is 5.11 Å². The van der Waals surface area contributed by atoms with Crippen LogP contribution < -0.4 is 0 Å². The van der Waals surface area contributed by atoms with Gasteiger partial charge in [0.2, 0.25) is 0 Å². The summed E-state index contributed by atoms with van der Waals surface area (Å²) in [7, 11) is 0. The average molecular weight is 193 g/mol. The van der Waals surface area contributed by atoms with Gasteiger partial charge in [-0.25, -0.2) is 0 Å². The minimum absolute atomic E-state index is 0.322. The van der Waals surface area contributed by atoms with Crippen LogP contribution in [0.2, 0.25) is 0 Å². The van der Waals surface area contributed by atoms with Crippen molar-refractivity contribution in [2.24, 2.45) is 4.99 Å². The Morgan fingerprint density at radius 3 is 2.85 bits per heavy atom. The molecule has 0 saturated heterocycles. The van der Waals surface area contributed by atoms with E-state index >= 15 is 0 Å². The van der Waals surface area contributed by atoms with Crippen LogP contribution in [0.3, 0.4) is 0 Å². The summed E-state index contributed by atoms with van der Waals surface area (Å²) in [5.74, 6) is 0.322. The van der Waals surface area contributed by atoms with Crippen LogP contribution >= 0.6 is 11.8 Å². The molecule has 0 radical (unpaired) electrons. The highest BCUT2D eigenvalue weighted by Gasteiger charge is 2.18. The number of aromatic hydroxyl groups is 1. The molecule has 0 aromatic heterocycles. The first-order valence-corrected chi connectivity index (χ1v) is 5.15. The number of para-hydroxylation sites is 1. The normalized spacial score (nSPS) is 21.6. The number of hydrogen-bond acceptors (Lipinski definition) is 3. The molecule has 68 valence electrons. The van der Waals surface area contributed by atoms with Crippen LogP contribution in [0.1, 0.15) is 12.5 Å². The fraction of sp³-hybridized carbons (Fsp3) is 0.300. The van der Waals surface area contributed by atoms with Crippen molar-refractivity contribution in [2.45, 2.75) is 12.2 Å². The Bertz CT molecular complexity index is 349. The second-order valence-corrected chi connectivity index (χ2v) is 4.52. The molecule has 1 aromatic rings. The smallest absolute Gasteiger partial charge is 0.125 e. The minimum Gasteiger partial charge on any atom is -0.507 e. The summed E-state index contributed by atoms with van der Waals surface area (Å²) in [5.41, 5.74) is 0.858. The van der Waals surface area contributed by atoms with Crippen LogP contribution in [0.5, 0.6) is 5.75 Å². The Morgan fingerprint density at radius 2 is 2.23 bits per heavy atom. The lowest BCUT2D eigenvalue weighted by molar-refractivity contribution is 0.474. The van der Waals surface area contributed by atoms with Crippen LogP contribution in [-0.2, 0) is 0 Å². The number of nitrogens with zero attached hydrogens (tertiary/aromatic N) is 1. The second-order valence-electron chi connectivity index (χ2n) is 3.09. The van der Waals surface area contributed by atoms with E-state index in [1.165, 1.54) is 0 Å². The Balaban J connectivity index is 2.31. The van der Waals surface area contributed by atoms with E-state index in [0.29, 0.717) is 11.0 Å². The van der Waals surface area contributed by atoms with E-state index in [-0.39, 0.29) is 0 Å². The molecule has 0 amide bonds. The zero-order valence-electron chi connectivity index (χ0n) is 7.40. The number of rotatable bonds is 1. The van der Waals surface area contributed by atoms with Crippen LogP contribution in [0.25, 0.3) is 0 Å². The lowest BCUT2D eigenvalue weighted by Crippen LogP contribution is -1.95. The van der Waals surface area contributed by atoms with Gasteiger partial charge in [0.15, 0.2) is 0 Å². The third-order valence-electron chi connectivity index (χ3n) is 1.94. The lowest BCUT2D eigenvalue weighted by Gasteiger charge is -2.03. The van der Waals surface area contributed by atoms with Gasteiger partial charge >= 0.3 is 0 Å². The summed E-state index contributed by atoms with van der Waals surface area (Å²) in [6, 6.07) is 7.34. The first-order chi connectivity index (χ1) is 6.27. The molecule has 13 heavy (non-hydrogen) atoms. The van der Waals surface area contributed by atoms with Crippen molar-refractivity contribution in [2.75, 3.05) is 6.54 Å². The highest BCUT2D eigenvalue weighted by atomic mass is 32.2. The quantitative estimate of drug-likeness (QED) is 0.742. The highest BCUT2D eigenvalue weighted by molar-refractivity contribution is 8.15. The summed E-state index contributed by atoms with van der Waals surface area (Å²) < 4.78 is 0. The van der Waals surface area contributed by atoms with Crippen molar-refractivity contribution in [3.63, 3.8) is 0 Å². The van der Waals surface area contributed by atoms with Gasteiger partial charge in [0.05, 0.1) is 6.54 Å². The predicted octanol–water partition coefficient (Wildman–Crippen LogP) is 2.27. The van der Waals surface area contributed by atoms with Crippen molar-refractivity contribution in [3.05, 3.63) is 29.8 Å². The van der Waals surface area contributed by atoms with Crippen LogP contribution in [0.15, 0.2) is 29.3 Å². The van der Waals surface area contributed by atoms with Gasteiger partial charge in [0, 0.05) is 10.8 Å². The summed E-state index contributed by atoms with van der Waals surface area (Å²) in [6.45, 7) is 3.00. The molecule has 2 nitrogen and oxygen atoms in total. The standard InChI is InChI=1S/C10H11NOS/c1-7-6-11-10(13-7)8-4-2-3-5-9(8)12/h2-5,7,12H,6H2,1H3. The first kappa shape index (κ1) is 8.63. The predicted molar refractivity (Wildman–Crippen MR) is 56.6 cm³/mol. The molecule has 1 aromatic carbocycles. The molecular formula is C10H11NOS. The third-order valence-corrected chi connectivity index (χ3v) is 3.06. The van der Waals surface area contributed by atoms with Crippen molar-refractivity contribution in [1.29, 1.82) is 0 Å². The maximum absolute atomic E-state index is 9.56. The van der Waals surface area contributed by atoms with Crippen molar-refractivity contribution in [1.82, 2.24) is 0 Å². The van der Waals surface area contributed by atoms with E-state index in [9.17, 15) is 5.11 Å². The largest absolute Gasteiger partial charge is 0.507 e. The van der Waals surface area contributed by atoms with E-state index in [4.69, 9.17) is 0 Å². The van der Waals surface area contributed by atoms with E-state index in [0.717, 1.165) is 17.2 Å². The molecule has 1 aliphatic heterocycles. The topological polar surface area (TPSA) is 32.6 Å². The second kappa shape index (κ2) is 3.42. The Morgan fingerprint density at radius 1 is 1.46 bits per heavy atom. The van der Waals surface area contributed by atoms with Gasteiger partial charge in [-0.05, 0) is 12.1 Å². The molecule has 1 aliphatic rings. The molecule has 0 spiro atoms. The van der Waals surface area contributed by atoms with Gasteiger partial charge in [-0.3, -0.25) is 4.99 Å². The summed E-state index contributed by atoms with van der Waals surface area (Å²) in [4.78, 5) is 4.37. The Hall–Kier alpha value is -0.960. The van der Waals surface area contributed by atoms with E-state index in [1.54, 1.807) is 17.8 Å². The van der Waals surface area contributed by atoms with E-state index in [1.807, 2.05) is 18.2 Å². The van der Waals surface area contributed by atoms with Crippen LogP contribution in [0, 0.1) is 0 Å². The third kappa shape index (κ3) is 1.70. The molecule has 2 rings (SSSR count). The average Bonchev–Trinajstić information content (AvgIpc) is 2.53. The van der Waals surface area contributed by atoms with Gasteiger partial charge in [0.25, 0.3) is 0 Å². The molecule has 1 N–H and O–H groups in total. The summed E-state index contributed by atoms with van der Waals surface area (Å²) in [6.07, 6.45) is 0. The number of thioether (sulfide) groups is 1. The minimum atomic E-state index is 0.322. The molecule has 0 fully saturated rings. The van der Waals surface area contributed by atoms with Gasteiger partial charge < -0.3 is 5.11 Å². The Labute approximate surface area is 81.7 Å². The molecule has 0 aliphatic carbocycles. The number of benzene rings is 1. The monoisotopic (exact) mass is 193 g/mol. The summed E-state index contributed by atoms with van der Waals surface area (Å²) >= 11 is 1.72. The van der Waals surface area contributed by atoms with Crippen molar-refractivity contribution in [3.8, 4) is 5.75 Å². The Kier molecular flexibility index (Phi) is 2.27. The van der Waals surface area contributed by atoms with Gasteiger partial charge in [-0.15, -0.1) is 11.8 Å². The summed E-state index contributed by atoms with van der Waals surface area (Å²) in [5, 5.41) is 11.1. The van der Waals surface area contributed by atoms with Gasteiger partial charge in [-0.1, -0.05) is 19.1 Å². The molecular weight excluding hydrogens is 182 g/mol. The number of aliphatic imine (C=N–C) groups is 1. The van der Waals surface area contributed by atoms with Gasteiger partial charge in [-0.2, -0.15) is 0 Å². The molecule has 3 heteroatoms. The van der Waals surface area contributed by atoms with Crippen LogP contribution in [0.4, 0.5) is 0 Å². The number of phenolic OH excluding ortho intramolecular Hbond substituents is 1. The van der Waals surface area contributed by atoms with Crippen LogP contribution in [-0.4, -0.2) is 21.9 Å². The fourth-order valence-corrected chi connectivity index (χ4v) is 2.26. The highest BCUT2D eigenvalue weighted by Crippen LogP contribution is 2.29. The first-order valence-electron chi connectivity index (χ1n) is 4.27. The molecule has 0 bridgehead atoms. The zero-order chi connectivity index (χ0) is 9.26.